The molecule has 5 nitrogen and oxygen atoms in total. The molecule has 1 aliphatic rings. The van der Waals surface area contributed by atoms with Crippen molar-refractivity contribution in [2.45, 2.75) is 19.3 Å². The smallest absolute Gasteiger partial charge is 0.335 e. The van der Waals surface area contributed by atoms with Crippen molar-refractivity contribution < 1.29 is 14.7 Å². The van der Waals surface area contributed by atoms with Crippen molar-refractivity contribution in [1.82, 2.24) is 5.32 Å². The van der Waals surface area contributed by atoms with Crippen molar-refractivity contribution in [2.75, 3.05) is 11.9 Å². The number of carboxylic acids is 1. The minimum absolute atomic E-state index is 0.199. The third kappa shape index (κ3) is 4.12. The van der Waals surface area contributed by atoms with E-state index in [0.29, 0.717) is 18.2 Å². The summed E-state index contributed by atoms with van der Waals surface area (Å²) in [6.07, 6.45) is 7.50. The molecule has 0 saturated heterocycles. The summed E-state index contributed by atoms with van der Waals surface area (Å²) >= 11 is 0. The van der Waals surface area contributed by atoms with E-state index in [2.05, 4.69) is 22.8 Å². The largest absolute Gasteiger partial charge is 0.478 e. The highest BCUT2D eigenvalue weighted by atomic mass is 16.4. The van der Waals surface area contributed by atoms with Crippen LogP contribution in [0.4, 0.5) is 10.5 Å². The molecule has 1 atom stereocenters. The van der Waals surface area contributed by atoms with E-state index in [1.54, 1.807) is 12.1 Å². The first-order chi connectivity index (χ1) is 9.65. The van der Waals surface area contributed by atoms with Gasteiger partial charge in [0.1, 0.15) is 0 Å². The molecule has 0 bridgehead atoms. The number of urea groups is 1. The van der Waals surface area contributed by atoms with E-state index < -0.39 is 5.97 Å². The Morgan fingerprint density at radius 3 is 2.55 bits per heavy atom. The number of carbonyl (C=O) groups is 2. The summed E-state index contributed by atoms with van der Waals surface area (Å²) in [5.74, 6) is -0.480. The van der Waals surface area contributed by atoms with Crippen LogP contribution in [0.25, 0.3) is 0 Å². The first kappa shape index (κ1) is 14.1. The maximum absolute atomic E-state index is 11.7. The van der Waals surface area contributed by atoms with Gasteiger partial charge >= 0.3 is 12.0 Å². The average molecular weight is 274 g/mol. The summed E-state index contributed by atoms with van der Waals surface area (Å²) < 4.78 is 0. The molecule has 3 N–H and O–H groups in total. The van der Waals surface area contributed by atoms with Crippen LogP contribution in [-0.4, -0.2) is 23.7 Å². The van der Waals surface area contributed by atoms with Gasteiger partial charge in [-0.15, -0.1) is 0 Å². The van der Waals surface area contributed by atoms with Crippen LogP contribution in [0.15, 0.2) is 36.4 Å². The number of carboxylic acid groups (broad SMARTS) is 1. The quantitative estimate of drug-likeness (QED) is 0.739. The fourth-order valence-corrected chi connectivity index (χ4v) is 2.15. The minimum Gasteiger partial charge on any atom is -0.478 e. The first-order valence-corrected chi connectivity index (χ1v) is 6.68. The van der Waals surface area contributed by atoms with E-state index in [0.717, 1.165) is 19.3 Å². The van der Waals surface area contributed by atoms with Gasteiger partial charge < -0.3 is 15.7 Å². The van der Waals surface area contributed by atoms with E-state index in [-0.39, 0.29) is 11.6 Å². The third-order valence-electron chi connectivity index (χ3n) is 3.32. The second-order valence-corrected chi connectivity index (χ2v) is 4.87. The Balaban J connectivity index is 1.78. The molecule has 106 valence electrons. The van der Waals surface area contributed by atoms with Crippen molar-refractivity contribution >= 4 is 17.7 Å². The summed E-state index contributed by atoms with van der Waals surface area (Å²) in [7, 11) is 0. The molecule has 20 heavy (non-hydrogen) atoms. The lowest BCUT2D eigenvalue weighted by Gasteiger charge is -2.18. The van der Waals surface area contributed by atoms with Crippen LogP contribution in [0, 0.1) is 5.92 Å². The van der Waals surface area contributed by atoms with E-state index in [1.807, 2.05) is 0 Å². The zero-order chi connectivity index (χ0) is 14.4. The third-order valence-corrected chi connectivity index (χ3v) is 3.32. The zero-order valence-corrected chi connectivity index (χ0v) is 11.1. The van der Waals surface area contributed by atoms with E-state index in [1.165, 1.54) is 12.1 Å². The van der Waals surface area contributed by atoms with Gasteiger partial charge in [0.15, 0.2) is 0 Å². The molecule has 1 unspecified atom stereocenters. The number of hydrogen-bond donors (Lipinski definition) is 3. The minimum atomic E-state index is -0.980. The standard InChI is InChI=1S/C15H18N2O3/c18-14(19)12-6-8-13(9-7-12)17-15(20)16-10-11-4-2-1-3-5-11/h1-2,6-9,11H,3-5,10H2,(H,18,19)(H2,16,17,20). The molecule has 0 radical (unpaired) electrons. The van der Waals surface area contributed by atoms with Gasteiger partial charge in [-0.2, -0.15) is 0 Å². The predicted octanol–water partition coefficient (Wildman–Crippen LogP) is 2.86. The number of benzene rings is 1. The predicted molar refractivity (Wildman–Crippen MR) is 76.9 cm³/mol. The van der Waals surface area contributed by atoms with Gasteiger partial charge in [-0.1, -0.05) is 12.2 Å². The number of amides is 2. The number of aromatic carboxylic acids is 1. The molecule has 0 spiro atoms. The Bertz CT molecular complexity index is 508. The number of rotatable bonds is 4. The van der Waals surface area contributed by atoms with Gasteiger partial charge in [0, 0.05) is 12.2 Å². The van der Waals surface area contributed by atoms with Crippen molar-refractivity contribution in [3.8, 4) is 0 Å². The lowest BCUT2D eigenvalue weighted by molar-refractivity contribution is 0.0697. The Morgan fingerprint density at radius 1 is 1.20 bits per heavy atom. The van der Waals surface area contributed by atoms with Crippen LogP contribution in [0.5, 0.6) is 0 Å². The Kier molecular flexibility index (Phi) is 4.76. The second kappa shape index (κ2) is 6.75. The van der Waals surface area contributed by atoms with Crippen molar-refractivity contribution in [2.24, 2.45) is 5.92 Å². The molecule has 1 aromatic rings. The molecule has 0 saturated carbocycles. The van der Waals surface area contributed by atoms with Gasteiger partial charge in [0.2, 0.25) is 0 Å². The summed E-state index contributed by atoms with van der Waals surface area (Å²) in [4.78, 5) is 22.4. The van der Waals surface area contributed by atoms with E-state index in [9.17, 15) is 9.59 Å². The molecule has 1 aliphatic carbocycles. The van der Waals surface area contributed by atoms with Gasteiger partial charge in [-0.25, -0.2) is 9.59 Å². The summed E-state index contributed by atoms with van der Waals surface area (Å²) in [6, 6.07) is 5.81. The molecule has 0 heterocycles. The van der Waals surface area contributed by atoms with Crippen LogP contribution in [0.1, 0.15) is 29.6 Å². The lowest BCUT2D eigenvalue weighted by Crippen LogP contribution is -2.33. The fraction of sp³-hybridized carbons (Fsp3) is 0.333. The van der Waals surface area contributed by atoms with Gasteiger partial charge in [-0.05, 0) is 49.4 Å². The van der Waals surface area contributed by atoms with Crippen molar-refractivity contribution in [3.05, 3.63) is 42.0 Å². The molecule has 5 heteroatoms. The maximum Gasteiger partial charge on any atom is 0.335 e. The molecule has 0 aliphatic heterocycles. The highest BCUT2D eigenvalue weighted by Crippen LogP contribution is 2.17. The molecule has 0 fully saturated rings. The van der Waals surface area contributed by atoms with Crippen molar-refractivity contribution in [1.29, 1.82) is 0 Å². The van der Waals surface area contributed by atoms with Gasteiger partial charge in [0.25, 0.3) is 0 Å². The second-order valence-electron chi connectivity index (χ2n) is 4.87. The number of allylic oxidation sites excluding steroid dienone is 2. The average Bonchev–Trinajstić information content (AvgIpc) is 2.47. The SMILES string of the molecule is O=C(NCC1CC=CCC1)Nc1ccc(C(=O)O)cc1. The lowest BCUT2D eigenvalue weighted by atomic mass is 9.94. The van der Waals surface area contributed by atoms with Crippen LogP contribution in [-0.2, 0) is 0 Å². The van der Waals surface area contributed by atoms with Crippen LogP contribution in [0.3, 0.4) is 0 Å². The van der Waals surface area contributed by atoms with Crippen molar-refractivity contribution in [3.63, 3.8) is 0 Å². The molecule has 2 rings (SSSR count). The normalized spacial score (nSPS) is 17.5. The highest BCUT2D eigenvalue weighted by Gasteiger charge is 2.11. The number of nitrogens with one attached hydrogen (secondary N) is 2. The first-order valence-electron chi connectivity index (χ1n) is 6.68. The topological polar surface area (TPSA) is 78.4 Å². The van der Waals surface area contributed by atoms with Crippen LogP contribution in [0.2, 0.25) is 0 Å². The number of hydrogen-bond acceptors (Lipinski definition) is 2. The van der Waals surface area contributed by atoms with Crippen LogP contribution < -0.4 is 10.6 Å². The molecular weight excluding hydrogens is 256 g/mol. The van der Waals surface area contributed by atoms with Gasteiger partial charge in [-0.3, -0.25) is 0 Å². The highest BCUT2D eigenvalue weighted by molar-refractivity contribution is 5.91. The molecular formula is C15H18N2O3. The van der Waals surface area contributed by atoms with Crippen LogP contribution >= 0.6 is 0 Å². The fourth-order valence-electron chi connectivity index (χ4n) is 2.15. The maximum atomic E-state index is 11.7. The molecule has 1 aromatic carbocycles. The number of carbonyl (C=O) groups excluding carboxylic acids is 1. The Labute approximate surface area is 117 Å². The van der Waals surface area contributed by atoms with E-state index >= 15 is 0 Å². The molecule has 2 amide bonds. The molecule has 0 aromatic heterocycles. The number of anilines is 1. The Morgan fingerprint density at radius 2 is 1.95 bits per heavy atom. The zero-order valence-electron chi connectivity index (χ0n) is 11.1. The Hall–Kier alpha value is -2.30. The monoisotopic (exact) mass is 274 g/mol. The summed E-state index contributed by atoms with van der Waals surface area (Å²) in [6.45, 7) is 0.656. The van der Waals surface area contributed by atoms with E-state index in [4.69, 9.17) is 5.11 Å². The van der Waals surface area contributed by atoms with Gasteiger partial charge in [0.05, 0.1) is 5.56 Å². The summed E-state index contributed by atoms with van der Waals surface area (Å²) in [5, 5.41) is 14.3. The summed E-state index contributed by atoms with van der Waals surface area (Å²) in [5.41, 5.74) is 0.779.